The number of halogens is 4. The Morgan fingerprint density at radius 1 is 1.47 bits per heavy atom. The summed E-state index contributed by atoms with van der Waals surface area (Å²) in [6.07, 6.45) is 2.88. The quantitative estimate of drug-likeness (QED) is 0.310. The molecule has 0 aliphatic rings. The van der Waals surface area contributed by atoms with E-state index in [2.05, 4.69) is 13.2 Å². The molecule has 100 valence electrons. The molecule has 3 nitrogen and oxygen atoms in total. The summed E-state index contributed by atoms with van der Waals surface area (Å²) in [7, 11) is 0. The molecule has 0 aromatic carbocycles. The molecule has 0 aromatic rings. The van der Waals surface area contributed by atoms with Crippen LogP contribution in [0.15, 0.2) is 25.3 Å². The Bertz CT molecular complexity index is 301. The van der Waals surface area contributed by atoms with Crippen molar-refractivity contribution in [1.82, 2.24) is 4.31 Å². The lowest BCUT2D eigenvalue weighted by molar-refractivity contribution is 0.435. The predicted molar refractivity (Wildman–Crippen MR) is 79.2 cm³/mol. The highest BCUT2D eigenvalue weighted by molar-refractivity contribution is 8.04. The second kappa shape index (κ2) is 8.27. The van der Waals surface area contributed by atoms with Crippen molar-refractivity contribution in [2.45, 2.75) is 13.9 Å². The molecule has 0 radical (unpaired) electrons. The van der Waals surface area contributed by atoms with Gasteiger partial charge in [-0.1, -0.05) is 47.1 Å². The molecule has 0 aliphatic heterocycles. The van der Waals surface area contributed by atoms with E-state index in [0.717, 1.165) is 11.8 Å². The Hall–Kier alpha value is 1.06. The number of alkyl halides is 4. The topological polar surface area (TPSA) is 40.5 Å². The highest BCUT2D eigenvalue weighted by atomic mass is 35.5. The van der Waals surface area contributed by atoms with Crippen molar-refractivity contribution in [3.63, 3.8) is 0 Å². The van der Waals surface area contributed by atoms with Crippen molar-refractivity contribution in [3.8, 4) is 0 Å². The van der Waals surface area contributed by atoms with Crippen molar-refractivity contribution in [3.05, 3.63) is 25.3 Å². The van der Waals surface area contributed by atoms with Crippen LogP contribution in [0.25, 0.3) is 0 Å². The number of thioether (sulfide) groups is 1. The largest absolute Gasteiger partial charge is 0.294 e. The lowest BCUT2D eigenvalue weighted by Crippen LogP contribution is -2.36. The molecule has 0 amide bonds. The minimum absolute atomic E-state index is 0.159. The maximum Gasteiger partial charge on any atom is 0.236 e. The molecule has 17 heavy (non-hydrogen) atoms. The molecule has 0 saturated heterocycles. The average molecular weight is 359 g/mol. The van der Waals surface area contributed by atoms with E-state index in [4.69, 9.17) is 51.0 Å². The first kappa shape index (κ1) is 18.1. The lowest BCUT2D eigenvalue weighted by atomic mass is 10.5. The third-order valence-electron chi connectivity index (χ3n) is 1.53. The molecule has 9 heteroatoms. The van der Waals surface area contributed by atoms with Crippen LogP contribution in [0.4, 0.5) is 0 Å². The average Bonchev–Trinajstić information content (AvgIpc) is 2.22. The molecule has 2 atom stereocenters. The van der Waals surface area contributed by atoms with Gasteiger partial charge in [0.1, 0.15) is 4.84 Å². The van der Waals surface area contributed by atoms with Crippen molar-refractivity contribution in [2.75, 3.05) is 6.54 Å². The molecule has 0 spiro atoms. The first-order valence-corrected chi connectivity index (χ1v) is 7.78. The molecule has 0 fully saturated rings. The minimum atomic E-state index is -2.21. The van der Waals surface area contributed by atoms with Gasteiger partial charge < -0.3 is 0 Å². The lowest BCUT2D eigenvalue weighted by Gasteiger charge is -2.29. The molecule has 1 N–H and O–H groups in total. The smallest absolute Gasteiger partial charge is 0.236 e. The Morgan fingerprint density at radius 2 is 2.00 bits per heavy atom. The van der Waals surface area contributed by atoms with Gasteiger partial charge in [0, 0.05) is 6.54 Å². The van der Waals surface area contributed by atoms with E-state index >= 15 is 0 Å². The van der Waals surface area contributed by atoms with Gasteiger partial charge in [-0.25, -0.2) is 4.21 Å². The fourth-order valence-electron chi connectivity index (χ4n) is 0.821. The number of nitrogens with zero attached hydrogens (tertiary/aromatic N) is 1. The van der Waals surface area contributed by atoms with Crippen molar-refractivity contribution in [1.29, 1.82) is 0 Å². The van der Waals surface area contributed by atoms with Crippen LogP contribution in [0, 0.1) is 0 Å². The van der Waals surface area contributed by atoms with Gasteiger partial charge in [-0.05, 0) is 0 Å². The van der Waals surface area contributed by atoms with Gasteiger partial charge in [0.25, 0.3) is 0 Å². The number of rotatable bonds is 8. The van der Waals surface area contributed by atoms with E-state index in [1.807, 2.05) is 0 Å². The molecule has 2 unspecified atom stereocenters. The summed E-state index contributed by atoms with van der Waals surface area (Å²) >= 11 is 21.6. The third-order valence-corrected chi connectivity index (χ3v) is 6.01. The van der Waals surface area contributed by atoms with Gasteiger partial charge in [0.2, 0.25) is 11.3 Å². The van der Waals surface area contributed by atoms with Crippen LogP contribution in [0.1, 0.15) is 0 Å². The van der Waals surface area contributed by atoms with E-state index in [1.54, 1.807) is 0 Å². The van der Waals surface area contributed by atoms with Gasteiger partial charge in [-0.2, -0.15) is 4.31 Å². The first-order valence-electron chi connectivity index (χ1n) is 4.21. The first-order chi connectivity index (χ1) is 7.76. The molecule has 0 rings (SSSR count). The third kappa shape index (κ3) is 6.16. The fourth-order valence-corrected chi connectivity index (χ4v) is 3.25. The minimum Gasteiger partial charge on any atom is -0.294 e. The van der Waals surface area contributed by atoms with E-state index in [-0.39, 0.29) is 6.54 Å². The van der Waals surface area contributed by atoms with E-state index < -0.39 is 25.1 Å². The maximum atomic E-state index is 11.1. The van der Waals surface area contributed by atoms with Gasteiger partial charge in [-0.15, -0.1) is 36.4 Å². The summed E-state index contributed by atoms with van der Waals surface area (Å²) in [6.45, 7) is 7.19. The fraction of sp³-hybridized carbons (Fsp3) is 0.500. The highest BCUT2D eigenvalue weighted by Crippen LogP contribution is 2.45. The summed E-state index contributed by atoms with van der Waals surface area (Å²) in [6, 6.07) is 0. The van der Waals surface area contributed by atoms with Gasteiger partial charge in [0.05, 0.1) is 5.37 Å². The molecule has 0 heterocycles. The SMILES string of the molecule is C=CCN(C(C=C)SC(Cl)(Cl)C(Cl)Cl)S(=O)O. The van der Waals surface area contributed by atoms with Crippen LogP contribution >= 0.6 is 58.2 Å². The Kier molecular flexibility index (Phi) is 8.79. The molecule has 0 saturated carbocycles. The van der Waals surface area contributed by atoms with Crippen molar-refractivity contribution in [2.24, 2.45) is 0 Å². The zero-order valence-electron chi connectivity index (χ0n) is 8.56. The molecule has 0 bridgehead atoms. The van der Waals surface area contributed by atoms with E-state index in [1.165, 1.54) is 16.5 Å². The highest BCUT2D eigenvalue weighted by Gasteiger charge is 2.37. The van der Waals surface area contributed by atoms with Crippen LogP contribution < -0.4 is 0 Å². The monoisotopic (exact) mass is 357 g/mol. The maximum absolute atomic E-state index is 11.1. The Balaban J connectivity index is 4.86. The predicted octanol–water partition coefficient (Wildman–Crippen LogP) is 3.79. The normalized spacial score (nSPS) is 15.9. The van der Waals surface area contributed by atoms with Crippen LogP contribution in [-0.2, 0) is 11.3 Å². The zero-order chi connectivity index (χ0) is 13.6. The van der Waals surface area contributed by atoms with E-state index in [9.17, 15) is 4.21 Å². The van der Waals surface area contributed by atoms with Crippen molar-refractivity contribution >= 4 is 69.4 Å². The molecule has 0 aliphatic carbocycles. The van der Waals surface area contributed by atoms with Crippen LogP contribution in [-0.4, -0.2) is 33.5 Å². The summed E-state index contributed by atoms with van der Waals surface area (Å²) < 4.78 is 19.9. The number of hydrogen-bond acceptors (Lipinski definition) is 2. The van der Waals surface area contributed by atoms with Crippen LogP contribution in [0.3, 0.4) is 0 Å². The number of hydrogen-bond donors (Lipinski definition) is 1. The standard InChI is InChI=1S/C8H11Cl4NO2S2/c1-3-5-13(17(14)15)6(4-2)16-8(11,12)7(9)10/h3-4,6-7H,1-2,5H2,(H,14,15). The van der Waals surface area contributed by atoms with Gasteiger partial charge in [-0.3, -0.25) is 4.55 Å². The second-order valence-corrected chi connectivity index (χ2v) is 7.95. The Labute approximate surface area is 128 Å². The zero-order valence-corrected chi connectivity index (χ0v) is 13.2. The van der Waals surface area contributed by atoms with Gasteiger partial charge in [0.15, 0.2) is 3.67 Å². The summed E-state index contributed by atoms with van der Waals surface area (Å²) in [5, 5.41) is -0.631. The molecule has 0 aromatic heterocycles. The summed E-state index contributed by atoms with van der Waals surface area (Å²) in [5.74, 6) is 0. The summed E-state index contributed by atoms with van der Waals surface area (Å²) in [4.78, 5) is -1.06. The van der Waals surface area contributed by atoms with Crippen LogP contribution in [0.2, 0.25) is 0 Å². The second-order valence-electron chi connectivity index (χ2n) is 2.73. The summed E-state index contributed by atoms with van der Waals surface area (Å²) in [5.41, 5.74) is 0. The molecular formula is C8H11Cl4NO2S2. The van der Waals surface area contributed by atoms with Crippen LogP contribution in [0.5, 0.6) is 0 Å². The van der Waals surface area contributed by atoms with Gasteiger partial charge >= 0.3 is 0 Å². The van der Waals surface area contributed by atoms with Crippen molar-refractivity contribution < 1.29 is 8.76 Å². The Morgan fingerprint density at radius 3 is 2.29 bits per heavy atom. The molecular weight excluding hydrogens is 348 g/mol. The van der Waals surface area contributed by atoms with E-state index in [0.29, 0.717) is 0 Å².